The van der Waals surface area contributed by atoms with Gasteiger partial charge in [0.15, 0.2) is 5.79 Å². The maximum atomic E-state index is 5.62. The van der Waals surface area contributed by atoms with Gasteiger partial charge in [-0.25, -0.2) is 0 Å². The highest BCUT2D eigenvalue weighted by molar-refractivity contribution is 9.10. The Morgan fingerprint density at radius 2 is 1.89 bits per heavy atom. The number of ether oxygens (including phenoxy) is 4. The topological polar surface area (TPSA) is 36.9 Å². The van der Waals surface area contributed by atoms with E-state index in [1.807, 2.05) is 19.1 Å². The molecule has 0 unspecified atom stereocenters. The Morgan fingerprint density at radius 3 is 2.44 bits per heavy atom. The zero-order valence-electron chi connectivity index (χ0n) is 10.8. The first-order valence-electron chi connectivity index (χ1n) is 5.76. The van der Waals surface area contributed by atoms with Crippen LogP contribution in [0.5, 0.6) is 11.5 Å². The summed E-state index contributed by atoms with van der Waals surface area (Å²) in [5.41, 5.74) is 1.04. The Labute approximate surface area is 115 Å². The molecule has 0 radical (unpaired) electrons. The molecule has 0 spiro atoms. The Kier molecular flexibility index (Phi) is 4.14. The van der Waals surface area contributed by atoms with Gasteiger partial charge in [0.2, 0.25) is 0 Å². The summed E-state index contributed by atoms with van der Waals surface area (Å²) >= 11 is 3.54. The van der Waals surface area contributed by atoms with E-state index in [9.17, 15) is 0 Å². The quantitative estimate of drug-likeness (QED) is 0.856. The lowest BCUT2D eigenvalue weighted by molar-refractivity contribution is -0.140. The van der Waals surface area contributed by atoms with E-state index in [1.54, 1.807) is 14.2 Å². The van der Waals surface area contributed by atoms with Gasteiger partial charge in [-0.1, -0.05) is 0 Å². The van der Waals surface area contributed by atoms with Crippen LogP contribution in [0.1, 0.15) is 12.5 Å². The second-order valence-corrected chi connectivity index (χ2v) is 5.10. The van der Waals surface area contributed by atoms with Crippen molar-refractivity contribution in [2.24, 2.45) is 0 Å². The summed E-state index contributed by atoms with van der Waals surface area (Å²) in [6.07, 6.45) is 0.640. The van der Waals surface area contributed by atoms with Crippen LogP contribution in [-0.2, 0) is 15.9 Å². The molecule has 0 atom stereocenters. The van der Waals surface area contributed by atoms with Crippen LogP contribution in [-0.4, -0.2) is 33.2 Å². The van der Waals surface area contributed by atoms with Crippen molar-refractivity contribution in [2.45, 2.75) is 19.1 Å². The molecule has 100 valence electrons. The molecule has 1 aromatic rings. The van der Waals surface area contributed by atoms with Crippen LogP contribution in [0.4, 0.5) is 0 Å². The summed E-state index contributed by atoms with van der Waals surface area (Å²) in [4.78, 5) is 0. The van der Waals surface area contributed by atoms with E-state index in [2.05, 4.69) is 15.9 Å². The molecule has 0 aliphatic carbocycles. The highest BCUT2D eigenvalue weighted by Crippen LogP contribution is 2.36. The van der Waals surface area contributed by atoms with Gasteiger partial charge in [0, 0.05) is 12.5 Å². The van der Waals surface area contributed by atoms with Crippen molar-refractivity contribution < 1.29 is 18.9 Å². The Morgan fingerprint density at radius 1 is 1.22 bits per heavy atom. The third-order valence-corrected chi connectivity index (χ3v) is 3.85. The number of rotatable bonds is 4. The van der Waals surface area contributed by atoms with E-state index in [-0.39, 0.29) is 0 Å². The highest BCUT2D eigenvalue weighted by atomic mass is 79.9. The predicted molar refractivity (Wildman–Crippen MR) is 71.3 cm³/mol. The molecule has 1 aliphatic rings. The number of benzene rings is 1. The fourth-order valence-electron chi connectivity index (χ4n) is 2.03. The summed E-state index contributed by atoms with van der Waals surface area (Å²) in [5, 5.41) is 0. The minimum absolute atomic E-state index is 0.570. The van der Waals surface area contributed by atoms with E-state index in [1.165, 1.54) is 0 Å². The van der Waals surface area contributed by atoms with Crippen LogP contribution in [0.2, 0.25) is 0 Å². The Bertz CT molecular complexity index is 427. The third kappa shape index (κ3) is 2.79. The van der Waals surface area contributed by atoms with Crippen molar-refractivity contribution in [3.8, 4) is 11.5 Å². The lowest BCUT2D eigenvalue weighted by atomic mass is 10.1. The van der Waals surface area contributed by atoms with Crippen molar-refractivity contribution in [3.05, 3.63) is 22.2 Å². The van der Waals surface area contributed by atoms with Gasteiger partial charge in [-0.15, -0.1) is 0 Å². The van der Waals surface area contributed by atoms with Crippen LogP contribution in [0.3, 0.4) is 0 Å². The number of halogens is 1. The van der Waals surface area contributed by atoms with Crippen molar-refractivity contribution in [3.63, 3.8) is 0 Å². The summed E-state index contributed by atoms with van der Waals surface area (Å²) in [6.45, 7) is 3.21. The molecular weight excluding hydrogens is 300 g/mol. The smallest absolute Gasteiger partial charge is 0.169 e. The lowest BCUT2D eigenvalue weighted by Gasteiger charge is -2.23. The fourth-order valence-corrected chi connectivity index (χ4v) is 2.56. The molecule has 0 aromatic heterocycles. The average Bonchev–Trinajstić information content (AvgIpc) is 2.78. The fraction of sp³-hybridized carbons (Fsp3) is 0.538. The van der Waals surface area contributed by atoms with E-state index >= 15 is 0 Å². The molecule has 0 N–H and O–H groups in total. The van der Waals surface area contributed by atoms with Crippen molar-refractivity contribution >= 4 is 15.9 Å². The molecule has 5 heteroatoms. The zero-order valence-corrected chi connectivity index (χ0v) is 12.4. The first kappa shape index (κ1) is 13.6. The monoisotopic (exact) mass is 316 g/mol. The van der Waals surface area contributed by atoms with Crippen LogP contribution in [0.15, 0.2) is 16.6 Å². The average molecular weight is 317 g/mol. The zero-order chi connectivity index (χ0) is 13.2. The van der Waals surface area contributed by atoms with Gasteiger partial charge >= 0.3 is 0 Å². The SMILES string of the molecule is COc1cc(CC2(C)OCCO2)c(Br)c(OC)c1. The second-order valence-electron chi connectivity index (χ2n) is 4.31. The summed E-state index contributed by atoms with van der Waals surface area (Å²) < 4.78 is 22.7. The first-order chi connectivity index (χ1) is 8.58. The molecule has 1 heterocycles. The van der Waals surface area contributed by atoms with E-state index < -0.39 is 5.79 Å². The molecular formula is C13H17BrO4. The molecule has 1 saturated heterocycles. The maximum Gasteiger partial charge on any atom is 0.169 e. The highest BCUT2D eigenvalue weighted by Gasteiger charge is 2.32. The molecule has 0 bridgehead atoms. The predicted octanol–water partition coefficient (Wildman–Crippen LogP) is 2.77. The van der Waals surface area contributed by atoms with Crippen molar-refractivity contribution in [2.75, 3.05) is 27.4 Å². The van der Waals surface area contributed by atoms with Crippen LogP contribution in [0, 0.1) is 0 Å². The van der Waals surface area contributed by atoms with E-state index in [4.69, 9.17) is 18.9 Å². The number of hydrogen-bond donors (Lipinski definition) is 0. The molecule has 18 heavy (non-hydrogen) atoms. The molecule has 1 aromatic carbocycles. The summed E-state index contributed by atoms with van der Waals surface area (Å²) in [6, 6.07) is 3.80. The minimum atomic E-state index is -0.570. The first-order valence-corrected chi connectivity index (χ1v) is 6.55. The second kappa shape index (κ2) is 5.47. The number of hydrogen-bond acceptors (Lipinski definition) is 4. The van der Waals surface area contributed by atoms with Gasteiger partial charge in [-0.05, 0) is 34.5 Å². The molecule has 4 nitrogen and oxygen atoms in total. The van der Waals surface area contributed by atoms with Crippen LogP contribution < -0.4 is 9.47 Å². The van der Waals surface area contributed by atoms with Crippen molar-refractivity contribution in [1.29, 1.82) is 0 Å². The van der Waals surface area contributed by atoms with Crippen molar-refractivity contribution in [1.82, 2.24) is 0 Å². The molecule has 0 saturated carbocycles. The van der Waals surface area contributed by atoms with Gasteiger partial charge in [-0.2, -0.15) is 0 Å². The van der Waals surface area contributed by atoms with Gasteiger partial charge < -0.3 is 18.9 Å². The van der Waals surface area contributed by atoms with Crippen LogP contribution in [0.25, 0.3) is 0 Å². The van der Waals surface area contributed by atoms with E-state index in [0.29, 0.717) is 19.6 Å². The molecule has 0 amide bonds. The maximum absolute atomic E-state index is 5.62. The summed E-state index contributed by atoms with van der Waals surface area (Å²) in [5.74, 6) is 0.928. The largest absolute Gasteiger partial charge is 0.497 e. The molecule has 1 aliphatic heterocycles. The number of methoxy groups -OCH3 is 2. The van der Waals surface area contributed by atoms with Crippen LogP contribution >= 0.6 is 15.9 Å². The van der Waals surface area contributed by atoms with Gasteiger partial charge in [0.1, 0.15) is 11.5 Å². The van der Waals surface area contributed by atoms with E-state index in [0.717, 1.165) is 21.5 Å². The van der Waals surface area contributed by atoms with Gasteiger partial charge in [-0.3, -0.25) is 0 Å². The standard InChI is InChI=1S/C13H17BrO4/c1-13(17-4-5-18-13)8-9-6-10(15-2)7-11(16-3)12(9)14/h6-7H,4-5,8H2,1-3H3. The third-order valence-electron chi connectivity index (χ3n) is 2.95. The van der Waals surface area contributed by atoms with Gasteiger partial charge in [0.05, 0.1) is 31.9 Å². The normalized spacial score (nSPS) is 17.8. The lowest BCUT2D eigenvalue weighted by Crippen LogP contribution is -2.28. The molecule has 2 rings (SSSR count). The minimum Gasteiger partial charge on any atom is -0.497 e. The summed E-state index contributed by atoms with van der Waals surface area (Å²) in [7, 11) is 3.27. The molecule has 1 fully saturated rings. The Hall–Kier alpha value is -0.780. The van der Waals surface area contributed by atoms with Gasteiger partial charge in [0.25, 0.3) is 0 Å². The Balaban J connectivity index is 2.31.